The minimum absolute atomic E-state index is 0.0264. The molecule has 0 aliphatic heterocycles. The zero-order valence-corrected chi connectivity index (χ0v) is 18.1. The van der Waals surface area contributed by atoms with E-state index in [0.717, 1.165) is 12.1 Å². The standard InChI is InChI=1S/C20H18ClN5O6/c1-11(2)24(10-18-22-23-19(32-18)14-6-4-5-7-16(14)21)20(27)15-8-13(25(28)29)9-17(12(15)3)26(30)31/h4-9,11H,10H2,1-3H3. The number of amides is 1. The number of benzene rings is 2. The largest absolute Gasteiger partial charge is 0.419 e. The molecule has 0 aliphatic carbocycles. The van der Waals surface area contributed by atoms with Crippen LogP contribution in [-0.2, 0) is 6.54 Å². The second-order valence-electron chi connectivity index (χ2n) is 7.16. The van der Waals surface area contributed by atoms with Gasteiger partial charge in [0.05, 0.1) is 38.6 Å². The molecule has 0 N–H and O–H groups in total. The molecule has 1 amide bonds. The zero-order chi connectivity index (χ0) is 23.6. The number of halogens is 1. The summed E-state index contributed by atoms with van der Waals surface area (Å²) < 4.78 is 5.65. The van der Waals surface area contributed by atoms with E-state index in [-0.39, 0.29) is 35.5 Å². The lowest BCUT2D eigenvalue weighted by molar-refractivity contribution is -0.394. The Morgan fingerprint density at radius 2 is 1.84 bits per heavy atom. The first-order valence-corrected chi connectivity index (χ1v) is 9.79. The Bertz CT molecular complexity index is 1210. The molecule has 0 unspecified atom stereocenters. The normalized spacial score (nSPS) is 10.9. The number of nitro groups is 2. The first-order valence-electron chi connectivity index (χ1n) is 9.41. The molecule has 0 aliphatic rings. The number of aromatic nitrogens is 2. The van der Waals surface area contributed by atoms with Crippen molar-refractivity contribution in [1.82, 2.24) is 15.1 Å². The van der Waals surface area contributed by atoms with Crippen LogP contribution in [0.4, 0.5) is 11.4 Å². The van der Waals surface area contributed by atoms with Crippen molar-refractivity contribution in [2.24, 2.45) is 0 Å². The van der Waals surface area contributed by atoms with Crippen LogP contribution >= 0.6 is 11.6 Å². The molecule has 1 aromatic heterocycles. The van der Waals surface area contributed by atoms with Gasteiger partial charge in [-0.1, -0.05) is 23.7 Å². The van der Waals surface area contributed by atoms with Gasteiger partial charge in [-0.05, 0) is 32.9 Å². The predicted octanol–water partition coefficient (Wildman–Crippen LogP) is 4.57. The van der Waals surface area contributed by atoms with Crippen LogP contribution in [0.15, 0.2) is 40.8 Å². The van der Waals surface area contributed by atoms with E-state index in [1.807, 2.05) is 0 Å². The first-order chi connectivity index (χ1) is 15.1. The number of hydrogen-bond acceptors (Lipinski definition) is 8. The van der Waals surface area contributed by atoms with Gasteiger partial charge in [0.2, 0.25) is 11.8 Å². The van der Waals surface area contributed by atoms with Crippen LogP contribution < -0.4 is 0 Å². The monoisotopic (exact) mass is 459 g/mol. The van der Waals surface area contributed by atoms with Gasteiger partial charge in [0.15, 0.2) is 0 Å². The van der Waals surface area contributed by atoms with Gasteiger partial charge in [-0.2, -0.15) is 0 Å². The van der Waals surface area contributed by atoms with Gasteiger partial charge >= 0.3 is 0 Å². The summed E-state index contributed by atoms with van der Waals surface area (Å²) in [4.78, 5) is 35.6. The van der Waals surface area contributed by atoms with Gasteiger partial charge in [0.1, 0.15) is 0 Å². The van der Waals surface area contributed by atoms with Crippen LogP contribution in [0.2, 0.25) is 5.02 Å². The summed E-state index contributed by atoms with van der Waals surface area (Å²) in [6.45, 7) is 4.72. The minimum Gasteiger partial charge on any atom is -0.419 e. The Hall–Kier alpha value is -3.86. The Morgan fingerprint density at radius 3 is 2.44 bits per heavy atom. The van der Waals surface area contributed by atoms with Crippen molar-refractivity contribution < 1.29 is 19.1 Å². The van der Waals surface area contributed by atoms with E-state index < -0.39 is 27.1 Å². The molecule has 0 saturated carbocycles. The summed E-state index contributed by atoms with van der Waals surface area (Å²) in [5.41, 5.74) is -0.650. The first kappa shape index (κ1) is 22.8. The van der Waals surface area contributed by atoms with Crippen LogP contribution in [0.25, 0.3) is 11.5 Å². The van der Waals surface area contributed by atoms with Crippen molar-refractivity contribution in [3.05, 3.63) is 78.7 Å². The highest BCUT2D eigenvalue weighted by Crippen LogP contribution is 2.30. The zero-order valence-electron chi connectivity index (χ0n) is 17.3. The van der Waals surface area contributed by atoms with Gasteiger partial charge in [0.25, 0.3) is 17.3 Å². The van der Waals surface area contributed by atoms with E-state index in [9.17, 15) is 25.0 Å². The van der Waals surface area contributed by atoms with Crippen molar-refractivity contribution in [1.29, 1.82) is 0 Å². The highest BCUT2D eigenvalue weighted by molar-refractivity contribution is 6.33. The molecule has 3 rings (SSSR count). The van der Waals surface area contributed by atoms with Crippen molar-refractivity contribution in [2.75, 3.05) is 0 Å². The SMILES string of the molecule is Cc1c(C(=O)N(Cc2nnc(-c3ccccc3Cl)o2)C(C)C)cc([N+](=O)[O-])cc1[N+](=O)[O-]. The topological polar surface area (TPSA) is 146 Å². The van der Waals surface area contributed by atoms with E-state index in [1.165, 1.54) is 11.8 Å². The number of rotatable bonds is 7. The fourth-order valence-electron chi connectivity index (χ4n) is 3.05. The number of nitro benzene ring substituents is 2. The summed E-state index contributed by atoms with van der Waals surface area (Å²) in [5, 5.41) is 30.9. The third kappa shape index (κ3) is 4.57. The molecule has 0 radical (unpaired) electrons. The molecule has 1 heterocycles. The molecule has 166 valence electrons. The molecule has 0 atom stereocenters. The van der Waals surface area contributed by atoms with Gasteiger partial charge in [-0.15, -0.1) is 10.2 Å². The Kier molecular flexibility index (Phi) is 6.49. The Labute approximate surface area is 186 Å². The van der Waals surface area contributed by atoms with Gasteiger partial charge in [-0.25, -0.2) is 0 Å². The number of non-ortho nitro benzene ring substituents is 1. The molecule has 2 aromatic carbocycles. The third-order valence-electron chi connectivity index (χ3n) is 4.76. The Balaban J connectivity index is 1.97. The molecule has 3 aromatic rings. The molecule has 0 saturated heterocycles. The lowest BCUT2D eigenvalue weighted by Crippen LogP contribution is -2.37. The van der Waals surface area contributed by atoms with Crippen molar-refractivity contribution in [3.8, 4) is 11.5 Å². The molecule has 0 fully saturated rings. The van der Waals surface area contributed by atoms with E-state index >= 15 is 0 Å². The summed E-state index contributed by atoms with van der Waals surface area (Å²) in [5.74, 6) is -0.356. The van der Waals surface area contributed by atoms with Crippen LogP contribution in [0.3, 0.4) is 0 Å². The maximum Gasteiger partial charge on any atom is 0.279 e. The minimum atomic E-state index is -0.781. The van der Waals surface area contributed by atoms with Crippen molar-refractivity contribution >= 4 is 28.9 Å². The molecular formula is C20H18ClN5O6. The number of hydrogen-bond donors (Lipinski definition) is 0. The predicted molar refractivity (Wildman–Crippen MR) is 114 cm³/mol. The number of carbonyl (C=O) groups is 1. The van der Waals surface area contributed by atoms with Crippen LogP contribution in [0.1, 0.15) is 35.7 Å². The second kappa shape index (κ2) is 9.10. The van der Waals surface area contributed by atoms with E-state index in [2.05, 4.69) is 10.2 Å². The quantitative estimate of drug-likeness (QED) is 0.369. The van der Waals surface area contributed by atoms with Crippen molar-refractivity contribution in [3.63, 3.8) is 0 Å². The average molecular weight is 460 g/mol. The number of carbonyl (C=O) groups excluding carboxylic acids is 1. The highest BCUT2D eigenvalue weighted by atomic mass is 35.5. The lowest BCUT2D eigenvalue weighted by Gasteiger charge is -2.25. The molecule has 0 spiro atoms. The van der Waals surface area contributed by atoms with Crippen molar-refractivity contribution in [2.45, 2.75) is 33.4 Å². The maximum atomic E-state index is 13.3. The maximum absolute atomic E-state index is 13.3. The molecule has 12 heteroatoms. The smallest absolute Gasteiger partial charge is 0.279 e. The molecular weight excluding hydrogens is 442 g/mol. The lowest BCUT2D eigenvalue weighted by atomic mass is 10.0. The van der Waals surface area contributed by atoms with Gasteiger partial charge < -0.3 is 9.32 Å². The average Bonchev–Trinajstić information content (AvgIpc) is 3.19. The molecule has 0 bridgehead atoms. The summed E-state index contributed by atoms with van der Waals surface area (Å²) in [7, 11) is 0. The van der Waals surface area contributed by atoms with E-state index in [1.54, 1.807) is 38.1 Å². The molecule has 11 nitrogen and oxygen atoms in total. The highest BCUT2D eigenvalue weighted by Gasteiger charge is 2.29. The van der Waals surface area contributed by atoms with Gasteiger partial charge in [0, 0.05) is 17.7 Å². The van der Waals surface area contributed by atoms with Crippen LogP contribution in [0, 0.1) is 27.2 Å². The second-order valence-corrected chi connectivity index (χ2v) is 7.57. The summed E-state index contributed by atoms with van der Waals surface area (Å²) >= 11 is 6.15. The van der Waals surface area contributed by atoms with Crippen LogP contribution in [0.5, 0.6) is 0 Å². The summed E-state index contributed by atoms with van der Waals surface area (Å²) in [6, 6.07) is 8.37. The number of nitrogens with zero attached hydrogens (tertiary/aromatic N) is 5. The van der Waals surface area contributed by atoms with E-state index in [4.69, 9.17) is 16.0 Å². The van der Waals surface area contributed by atoms with Gasteiger partial charge in [-0.3, -0.25) is 25.0 Å². The summed E-state index contributed by atoms with van der Waals surface area (Å²) in [6.07, 6.45) is 0. The third-order valence-corrected chi connectivity index (χ3v) is 5.09. The van der Waals surface area contributed by atoms with Crippen LogP contribution in [-0.4, -0.2) is 36.9 Å². The van der Waals surface area contributed by atoms with E-state index in [0.29, 0.717) is 10.6 Å². The Morgan fingerprint density at radius 1 is 1.16 bits per heavy atom. The fraction of sp³-hybridized carbons (Fsp3) is 0.250. The fourth-order valence-corrected chi connectivity index (χ4v) is 3.27. The molecule has 32 heavy (non-hydrogen) atoms.